The predicted octanol–water partition coefficient (Wildman–Crippen LogP) is 15.1. The summed E-state index contributed by atoms with van der Waals surface area (Å²) in [5.41, 5.74) is 14.5. The van der Waals surface area contributed by atoms with Crippen molar-refractivity contribution in [2.24, 2.45) is 0 Å². The molecule has 11 rings (SSSR count). The third-order valence-electron chi connectivity index (χ3n) is 11.1. The van der Waals surface area contributed by atoms with Crippen LogP contribution in [-0.2, 0) is 0 Å². The van der Waals surface area contributed by atoms with Gasteiger partial charge in [-0.3, -0.25) is 0 Å². The average Bonchev–Trinajstić information content (AvgIpc) is 3.30. The Bertz CT molecular complexity index is 3140. The van der Waals surface area contributed by atoms with E-state index in [0.29, 0.717) is 0 Å². The largest absolute Gasteiger partial charge is 0.309 e. The van der Waals surface area contributed by atoms with Crippen molar-refractivity contribution in [3.8, 4) is 56.0 Å². The molecular weight excluding hydrogens is 723 g/mol. The Kier molecular flexibility index (Phi) is 8.41. The minimum atomic E-state index is 0.723. The number of rotatable bonds is 7. The van der Waals surface area contributed by atoms with Crippen molar-refractivity contribution in [3.63, 3.8) is 0 Å². The lowest BCUT2D eigenvalue weighted by Gasteiger charge is -2.31. The maximum absolute atomic E-state index is 5.38. The molecule has 272 valence electrons. The molecule has 0 spiro atoms. The fraction of sp³-hybridized carbons (Fsp3) is 0. The van der Waals surface area contributed by atoms with Crippen molar-refractivity contribution in [3.05, 3.63) is 212 Å². The van der Waals surface area contributed by atoms with Crippen LogP contribution >= 0.6 is 11.8 Å². The number of benzene rings is 9. The van der Waals surface area contributed by atoms with Crippen molar-refractivity contribution in [2.75, 3.05) is 4.90 Å². The van der Waals surface area contributed by atoms with Crippen molar-refractivity contribution in [2.45, 2.75) is 9.79 Å². The Balaban J connectivity index is 1.06. The van der Waals surface area contributed by atoms with Crippen LogP contribution in [-0.4, -0.2) is 9.97 Å². The molecule has 0 fully saturated rings. The van der Waals surface area contributed by atoms with E-state index in [0.717, 1.165) is 61.6 Å². The van der Waals surface area contributed by atoms with Crippen LogP contribution in [0.5, 0.6) is 0 Å². The highest BCUT2D eigenvalue weighted by molar-refractivity contribution is 8.00. The van der Waals surface area contributed by atoms with Crippen molar-refractivity contribution < 1.29 is 0 Å². The normalized spacial score (nSPS) is 11.7. The van der Waals surface area contributed by atoms with Crippen LogP contribution in [0.1, 0.15) is 0 Å². The Hall–Kier alpha value is -7.27. The lowest BCUT2D eigenvalue weighted by atomic mass is 9.94. The summed E-state index contributed by atoms with van der Waals surface area (Å²) in [5, 5.41) is 3.41. The molecule has 0 bridgehead atoms. The molecule has 0 saturated heterocycles. The highest BCUT2D eigenvalue weighted by Gasteiger charge is 2.27. The van der Waals surface area contributed by atoms with Crippen LogP contribution in [0.15, 0.2) is 222 Å². The second-order valence-electron chi connectivity index (χ2n) is 14.5. The summed E-state index contributed by atoms with van der Waals surface area (Å²) in [6.07, 6.45) is 0. The molecule has 4 heteroatoms. The highest BCUT2D eigenvalue weighted by Crippen LogP contribution is 2.54. The lowest BCUT2D eigenvalue weighted by molar-refractivity contribution is 1.22. The zero-order valence-electron chi connectivity index (χ0n) is 31.5. The van der Waals surface area contributed by atoms with E-state index < -0.39 is 0 Å². The van der Waals surface area contributed by atoms with Gasteiger partial charge in [0.05, 0.1) is 16.9 Å². The van der Waals surface area contributed by atoms with Crippen molar-refractivity contribution >= 4 is 50.5 Å². The first-order valence-corrected chi connectivity index (χ1v) is 20.4. The first-order valence-electron chi connectivity index (χ1n) is 19.6. The van der Waals surface area contributed by atoms with Gasteiger partial charge in [0.2, 0.25) is 0 Å². The Labute approximate surface area is 342 Å². The highest BCUT2D eigenvalue weighted by atomic mass is 32.2. The molecule has 0 aliphatic carbocycles. The minimum Gasteiger partial charge on any atom is -0.309 e. The zero-order valence-corrected chi connectivity index (χ0v) is 32.3. The van der Waals surface area contributed by atoms with Crippen LogP contribution in [0, 0.1) is 0 Å². The van der Waals surface area contributed by atoms with Crippen LogP contribution in [0.25, 0.3) is 77.7 Å². The molecule has 1 aromatic heterocycles. The molecule has 0 amide bonds. The van der Waals surface area contributed by atoms with Gasteiger partial charge in [-0.25, -0.2) is 9.97 Å². The molecule has 10 aromatic rings. The molecule has 0 atom stereocenters. The van der Waals surface area contributed by atoms with E-state index in [1.165, 1.54) is 43.0 Å². The van der Waals surface area contributed by atoms with Gasteiger partial charge in [-0.05, 0) is 93.4 Å². The Morgan fingerprint density at radius 3 is 1.76 bits per heavy atom. The topological polar surface area (TPSA) is 29.0 Å². The fourth-order valence-electron chi connectivity index (χ4n) is 8.36. The van der Waals surface area contributed by atoms with Crippen molar-refractivity contribution in [1.82, 2.24) is 9.97 Å². The third-order valence-corrected chi connectivity index (χ3v) is 12.2. The van der Waals surface area contributed by atoms with Gasteiger partial charge in [-0.2, -0.15) is 0 Å². The second kappa shape index (κ2) is 14.3. The molecule has 58 heavy (non-hydrogen) atoms. The molecule has 3 nitrogen and oxygen atoms in total. The van der Waals surface area contributed by atoms with Gasteiger partial charge in [-0.1, -0.05) is 169 Å². The van der Waals surface area contributed by atoms with E-state index in [1.807, 2.05) is 11.8 Å². The average molecular weight is 758 g/mol. The van der Waals surface area contributed by atoms with Gasteiger partial charge in [-0.15, -0.1) is 0 Å². The number of fused-ring (bicyclic) bond motifs is 3. The maximum Gasteiger partial charge on any atom is 0.161 e. The predicted molar refractivity (Wildman–Crippen MR) is 243 cm³/mol. The number of anilines is 3. The molecule has 1 aliphatic heterocycles. The second-order valence-corrected chi connectivity index (χ2v) is 15.6. The Morgan fingerprint density at radius 2 is 0.966 bits per heavy atom. The number of hydrogen-bond donors (Lipinski definition) is 0. The van der Waals surface area contributed by atoms with Crippen LogP contribution in [0.3, 0.4) is 0 Å². The molecule has 9 aromatic carbocycles. The minimum absolute atomic E-state index is 0.723. The molecule has 0 unspecified atom stereocenters. The van der Waals surface area contributed by atoms with E-state index in [-0.39, 0.29) is 0 Å². The lowest BCUT2D eigenvalue weighted by Crippen LogP contribution is -2.12. The smallest absolute Gasteiger partial charge is 0.161 e. The fourth-order valence-corrected chi connectivity index (χ4v) is 9.59. The Morgan fingerprint density at radius 1 is 0.379 bits per heavy atom. The van der Waals surface area contributed by atoms with Crippen LogP contribution in [0.4, 0.5) is 17.1 Å². The first-order chi connectivity index (χ1) is 28.8. The molecule has 0 N–H and O–H groups in total. The zero-order chi connectivity index (χ0) is 38.4. The molecule has 0 radical (unpaired) electrons. The van der Waals surface area contributed by atoms with E-state index in [4.69, 9.17) is 9.97 Å². The quantitative estimate of drug-likeness (QED) is 0.162. The van der Waals surface area contributed by atoms with E-state index >= 15 is 0 Å². The van der Waals surface area contributed by atoms with E-state index in [1.54, 1.807) is 0 Å². The molecule has 1 aliphatic rings. The molecular formula is C54H35N3S. The number of para-hydroxylation sites is 2. The van der Waals surface area contributed by atoms with Crippen molar-refractivity contribution in [1.29, 1.82) is 0 Å². The first kappa shape index (κ1) is 34.0. The monoisotopic (exact) mass is 757 g/mol. The van der Waals surface area contributed by atoms with Gasteiger partial charge in [0, 0.05) is 43.1 Å². The summed E-state index contributed by atoms with van der Waals surface area (Å²) < 4.78 is 0. The summed E-state index contributed by atoms with van der Waals surface area (Å²) >= 11 is 1.84. The molecule has 0 saturated carbocycles. The number of nitrogens with zero attached hydrogens (tertiary/aromatic N) is 3. The van der Waals surface area contributed by atoms with Gasteiger partial charge in [0.25, 0.3) is 0 Å². The summed E-state index contributed by atoms with van der Waals surface area (Å²) in [6.45, 7) is 0. The number of aromatic nitrogens is 2. The van der Waals surface area contributed by atoms with Gasteiger partial charge in [0.15, 0.2) is 5.82 Å². The molecule has 2 heterocycles. The summed E-state index contributed by atoms with van der Waals surface area (Å²) in [6, 6.07) is 75.6. The number of hydrogen-bond acceptors (Lipinski definition) is 4. The summed E-state index contributed by atoms with van der Waals surface area (Å²) in [7, 11) is 0. The van der Waals surface area contributed by atoms with Gasteiger partial charge < -0.3 is 4.90 Å². The van der Waals surface area contributed by atoms with E-state index in [9.17, 15) is 0 Å². The van der Waals surface area contributed by atoms with Gasteiger partial charge in [0.1, 0.15) is 0 Å². The summed E-state index contributed by atoms with van der Waals surface area (Å²) in [4.78, 5) is 15.4. The van der Waals surface area contributed by atoms with Gasteiger partial charge >= 0.3 is 0 Å². The SMILES string of the molecule is c1ccc(-c2cccc(-c3nc(-c4ccc5c6c(cccc46)-c4cccc(N(c6ccccc6)c6cccc(-c7ccccc7)c6)c4S5)nc4ccccc34)c2)cc1. The maximum atomic E-state index is 5.38. The van der Waals surface area contributed by atoms with E-state index in [2.05, 4.69) is 217 Å². The van der Waals surface area contributed by atoms with Crippen LogP contribution in [0.2, 0.25) is 0 Å². The standard InChI is InChI=1S/C54H35N3S/c1-4-16-36(17-5-1)38-20-12-22-40(34-38)52-47-26-10-11-30-48(47)55-54(56-52)46-32-33-50-51-43(27-14-28-44(46)51)45-29-15-31-49(53(45)58-50)57(41-23-8-3-9-24-41)42-25-13-21-39(35-42)37-18-6-2-7-19-37/h1-35H. The van der Waals surface area contributed by atoms with Crippen LogP contribution < -0.4 is 4.90 Å². The summed E-state index contributed by atoms with van der Waals surface area (Å²) in [5.74, 6) is 0.723. The third kappa shape index (κ3) is 5.94.